The van der Waals surface area contributed by atoms with Crippen LogP contribution in [0.1, 0.15) is 49.4 Å². The molecular formula is C15H22ClN3O. The van der Waals surface area contributed by atoms with E-state index in [2.05, 4.69) is 22.5 Å². The third-order valence-corrected chi connectivity index (χ3v) is 4.38. The van der Waals surface area contributed by atoms with Crippen LogP contribution in [0.5, 0.6) is 0 Å². The average Bonchev–Trinajstić information content (AvgIpc) is 2.47. The molecule has 1 aliphatic rings. The fraction of sp³-hybridized carbons (Fsp3) is 0.600. The Balaban J connectivity index is 2.05. The standard InChI is InChI=1S/C15H22ClN3O/c1-3-10-6-4-5-7-13(10)19-15(20)11-8-12(16)14(17-2)18-9-11/h8-10,13H,3-7H2,1-2H3,(H,17,18)(H,19,20). The van der Waals surface area contributed by atoms with E-state index < -0.39 is 0 Å². The Hall–Kier alpha value is -1.29. The lowest BCUT2D eigenvalue weighted by atomic mass is 9.83. The van der Waals surface area contributed by atoms with Gasteiger partial charge < -0.3 is 10.6 Å². The lowest BCUT2D eigenvalue weighted by molar-refractivity contribution is 0.0904. The summed E-state index contributed by atoms with van der Waals surface area (Å²) in [4.78, 5) is 16.4. The molecule has 1 aromatic rings. The lowest BCUT2D eigenvalue weighted by Crippen LogP contribution is -2.41. The first-order valence-electron chi connectivity index (χ1n) is 7.29. The van der Waals surface area contributed by atoms with E-state index in [0.717, 1.165) is 12.8 Å². The molecule has 20 heavy (non-hydrogen) atoms. The summed E-state index contributed by atoms with van der Waals surface area (Å²) in [6.45, 7) is 2.19. The van der Waals surface area contributed by atoms with Crippen molar-refractivity contribution in [1.82, 2.24) is 10.3 Å². The molecule has 2 atom stereocenters. The number of pyridine rings is 1. The minimum atomic E-state index is -0.0765. The van der Waals surface area contributed by atoms with Crippen molar-refractivity contribution >= 4 is 23.3 Å². The molecule has 0 radical (unpaired) electrons. The molecule has 1 aromatic heterocycles. The molecule has 2 unspecified atom stereocenters. The van der Waals surface area contributed by atoms with Crippen LogP contribution in [-0.2, 0) is 0 Å². The summed E-state index contributed by atoms with van der Waals surface area (Å²) in [7, 11) is 1.75. The smallest absolute Gasteiger partial charge is 0.253 e. The molecule has 2 rings (SSSR count). The molecule has 0 bridgehead atoms. The monoisotopic (exact) mass is 295 g/mol. The molecule has 5 heteroatoms. The number of nitrogens with zero attached hydrogens (tertiary/aromatic N) is 1. The highest BCUT2D eigenvalue weighted by Gasteiger charge is 2.25. The number of nitrogens with one attached hydrogen (secondary N) is 2. The number of anilines is 1. The van der Waals surface area contributed by atoms with Gasteiger partial charge in [0.15, 0.2) is 0 Å². The second-order valence-electron chi connectivity index (χ2n) is 5.34. The number of halogens is 1. The SMILES string of the molecule is CCC1CCCCC1NC(=O)c1cnc(NC)c(Cl)c1. The van der Waals surface area contributed by atoms with Gasteiger partial charge in [-0.25, -0.2) is 4.98 Å². The van der Waals surface area contributed by atoms with Gasteiger partial charge in [0.2, 0.25) is 0 Å². The Kier molecular flexibility index (Phi) is 5.24. The van der Waals surface area contributed by atoms with Gasteiger partial charge in [-0.2, -0.15) is 0 Å². The molecular weight excluding hydrogens is 274 g/mol. The molecule has 1 saturated carbocycles. The zero-order valence-electron chi connectivity index (χ0n) is 12.1. The maximum absolute atomic E-state index is 12.3. The van der Waals surface area contributed by atoms with Crippen LogP contribution in [0.2, 0.25) is 5.02 Å². The van der Waals surface area contributed by atoms with Crippen molar-refractivity contribution in [3.63, 3.8) is 0 Å². The first-order valence-corrected chi connectivity index (χ1v) is 7.67. The largest absolute Gasteiger partial charge is 0.372 e. The van der Waals surface area contributed by atoms with Crippen LogP contribution in [0, 0.1) is 5.92 Å². The van der Waals surface area contributed by atoms with Crippen molar-refractivity contribution in [2.24, 2.45) is 5.92 Å². The molecule has 0 aliphatic heterocycles. The van der Waals surface area contributed by atoms with E-state index in [4.69, 9.17) is 11.6 Å². The van der Waals surface area contributed by atoms with E-state index in [9.17, 15) is 4.79 Å². The van der Waals surface area contributed by atoms with Crippen LogP contribution >= 0.6 is 11.6 Å². The topological polar surface area (TPSA) is 54.0 Å². The second kappa shape index (κ2) is 6.93. The quantitative estimate of drug-likeness (QED) is 0.894. The van der Waals surface area contributed by atoms with Gasteiger partial charge in [0.25, 0.3) is 5.91 Å². The van der Waals surface area contributed by atoms with Gasteiger partial charge in [0.1, 0.15) is 5.82 Å². The van der Waals surface area contributed by atoms with Gasteiger partial charge in [-0.3, -0.25) is 4.79 Å². The normalized spacial score (nSPS) is 22.4. The van der Waals surface area contributed by atoms with Crippen molar-refractivity contribution < 1.29 is 4.79 Å². The number of aromatic nitrogens is 1. The first-order chi connectivity index (χ1) is 9.65. The molecule has 4 nitrogen and oxygen atoms in total. The van der Waals surface area contributed by atoms with Crippen molar-refractivity contribution in [2.75, 3.05) is 12.4 Å². The molecule has 0 saturated heterocycles. The van der Waals surface area contributed by atoms with Crippen molar-refractivity contribution in [1.29, 1.82) is 0 Å². The van der Waals surface area contributed by atoms with Gasteiger partial charge in [0, 0.05) is 19.3 Å². The summed E-state index contributed by atoms with van der Waals surface area (Å²) in [5.41, 5.74) is 0.523. The van der Waals surface area contributed by atoms with Gasteiger partial charge in [-0.15, -0.1) is 0 Å². The highest BCUT2D eigenvalue weighted by Crippen LogP contribution is 2.27. The van der Waals surface area contributed by atoms with Crippen LogP contribution in [0.15, 0.2) is 12.3 Å². The molecule has 0 spiro atoms. The number of rotatable bonds is 4. The number of carbonyl (C=O) groups is 1. The van der Waals surface area contributed by atoms with Crippen LogP contribution in [-0.4, -0.2) is 24.0 Å². The fourth-order valence-electron chi connectivity index (χ4n) is 2.88. The summed E-state index contributed by atoms with van der Waals surface area (Å²) >= 11 is 6.07. The Morgan fingerprint density at radius 3 is 2.85 bits per heavy atom. The highest BCUT2D eigenvalue weighted by atomic mass is 35.5. The molecule has 0 aromatic carbocycles. The van der Waals surface area contributed by atoms with E-state index in [1.165, 1.54) is 19.3 Å². The third-order valence-electron chi connectivity index (χ3n) is 4.09. The zero-order chi connectivity index (χ0) is 14.5. The van der Waals surface area contributed by atoms with Crippen LogP contribution in [0.25, 0.3) is 0 Å². The summed E-state index contributed by atoms with van der Waals surface area (Å²) < 4.78 is 0. The van der Waals surface area contributed by atoms with Crippen LogP contribution in [0.3, 0.4) is 0 Å². The number of hydrogen-bond acceptors (Lipinski definition) is 3. The highest BCUT2D eigenvalue weighted by molar-refractivity contribution is 6.33. The first kappa shape index (κ1) is 15.1. The minimum Gasteiger partial charge on any atom is -0.372 e. The number of carbonyl (C=O) groups excluding carboxylic acids is 1. The maximum atomic E-state index is 12.3. The fourth-order valence-corrected chi connectivity index (χ4v) is 3.14. The van der Waals surface area contributed by atoms with Crippen molar-refractivity contribution in [2.45, 2.75) is 45.1 Å². The van der Waals surface area contributed by atoms with Gasteiger partial charge in [-0.05, 0) is 24.8 Å². The van der Waals surface area contributed by atoms with Crippen LogP contribution < -0.4 is 10.6 Å². The predicted molar refractivity (Wildman–Crippen MR) is 82.3 cm³/mol. The summed E-state index contributed by atoms with van der Waals surface area (Å²) in [6.07, 6.45) is 7.42. The van der Waals surface area contributed by atoms with E-state index in [1.807, 2.05) is 0 Å². The van der Waals surface area contributed by atoms with Crippen molar-refractivity contribution in [3.8, 4) is 0 Å². The van der Waals surface area contributed by atoms with Crippen LogP contribution in [0.4, 0.5) is 5.82 Å². The summed E-state index contributed by atoms with van der Waals surface area (Å²) in [5.74, 6) is 1.10. The number of amides is 1. The van der Waals surface area contributed by atoms with E-state index in [-0.39, 0.29) is 11.9 Å². The van der Waals surface area contributed by atoms with Crippen molar-refractivity contribution in [3.05, 3.63) is 22.8 Å². The number of hydrogen-bond donors (Lipinski definition) is 2. The predicted octanol–water partition coefficient (Wildman–Crippen LogP) is 3.48. The van der Waals surface area contributed by atoms with E-state index in [0.29, 0.717) is 22.3 Å². The van der Waals surface area contributed by atoms with Gasteiger partial charge in [0.05, 0.1) is 10.6 Å². The average molecular weight is 296 g/mol. The third kappa shape index (κ3) is 3.42. The Morgan fingerprint density at radius 1 is 1.45 bits per heavy atom. The Bertz CT molecular complexity index is 478. The maximum Gasteiger partial charge on any atom is 0.253 e. The Morgan fingerprint density at radius 2 is 2.20 bits per heavy atom. The van der Waals surface area contributed by atoms with E-state index in [1.54, 1.807) is 19.3 Å². The second-order valence-corrected chi connectivity index (χ2v) is 5.74. The van der Waals surface area contributed by atoms with Gasteiger partial charge >= 0.3 is 0 Å². The molecule has 1 aliphatic carbocycles. The minimum absolute atomic E-state index is 0.0765. The molecule has 1 heterocycles. The van der Waals surface area contributed by atoms with Gasteiger partial charge in [-0.1, -0.05) is 37.8 Å². The Labute approximate surface area is 125 Å². The lowest BCUT2D eigenvalue weighted by Gasteiger charge is -2.31. The van der Waals surface area contributed by atoms with E-state index >= 15 is 0 Å². The summed E-state index contributed by atoms with van der Waals surface area (Å²) in [5, 5.41) is 6.50. The molecule has 1 fully saturated rings. The molecule has 1 amide bonds. The molecule has 110 valence electrons. The molecule has 2 N–H and O–H groups in total. The zero-order valence-corrected chi connectivity index (χ0v) is 12.8. The summed E-state index contributed by atoms with van der Waals surface area (Å²) in [6, 6.07) is 1.95.